The summed E-state index contributed by atoms with van der Waals surface area (Å²) >= 11 is 1.75. The summed E-state index contributed by atoms with van der Waals surface area (Å²) in [5, 5.41) is 3.36. The highest BCUT2D eigenvalue weighted by atomic mass is 32.1. The summed E-state index contributed by atoms with van der Waals surface area (Å²) < 4.78 is 5.30. The van der Waals surface area contributed by atoms with E-state index in [0.717, 1.165) is 63.4 Å². The van der Waals surface area contributed by atoms with Crippen LogP contribution in [0.15, 0.2) is 17.2 Å². The first-order valence-electron chi connectivity index (χ1n) is 8.70. The van der Waals surface area contributed by atoms with Crippen molar-refractivity contribution >= 4 is 17.2 Å². The lowest BCUT2D eigenvalue weighted by atomic mass is 9.98. The molecule has 5 nitrogen and oxygen atoms in total. The largest absolute Gasteiger partial charge is 0.501 e. The first-order valence-corrected chi connectivity index (χ1v) is 9.58. The SMILES string of the molecule is CC(C)(C)c1nc(CN2CCN(C(=O)C3=COCCC3)CC2)cs1. The van der Waals surface area contributed by atoms with Crippen LogP contribution in [0, 0.1) is 0 Å². The maximum Gasteiger partial charge on any atom is 0.252 e. The number of aromatic nitrogens is 1. The minimum absolute atomic E-state index is 0.115. The standard InChI is InChI=1S/C18H27N3O2S/c1-18(2,3)17-19-15(13-24-17)11-20-6-8-21(9-7-20)16(22)14-5-4-10-23-12-14/h12-13H,4-11H2,1-3H3. The molecule has 3 rings (SSSR count). The van der Waals surface area contributed by atoms with Crippen LogP contribution < -0.4 is 0 Å². The van der Waals surface area contributed by atoms with Gasteiger partial charge in [0.05, 0.1) is 29.1 Å². The third kappa shape index (κ3) is 4.16. The number of thiazole rings is 1. The predicted octanol–water partition coefficient (Wildman–Crippen LogP) is 2.78. The summed E-state index contributed by atoms with van der Waals surface area (Å²) in [5.74, 6) is 0.151. The second-order valence-electron chi connectivity index (χ2n) is 7.58. The Kier molecular flexibility index (Phi) is 5.25. The molecule has 0 spiro atoms. The molecule has 0 aliphatic carbocycles. The lowest BCUT2D eigenvalue weighted by molar-refractivity contribution is -0.129. The van der Waals surface area contributed by atoms with Crippen LogP contribution in [0.1, 0.15) is 44.3 Å². The van der Waals surface area contributed by atoms with E-state index in [1.165, 1.54) is 5.01 Å². The second kappa shape index (κ2) is 7.23. The fourth-order valence-electron chi connectivity index (χ4n) is 2.99. The number of hydrogen-bond acceptors (Lipinski definition) is 5. The van der Waals surface area contributed by atoms with Gasteiger partial charge in [0.25, 0.3) is 5.91 Å². The summed E-state index contributed by atoms with van der Waals surface area (Å²) in [6.07, 6.45) is 3.44. The van der Waals surface area contributed by atoms with Gasteiger partial charge in [-0.05, 0) is 12.8 Å². The Bertz CT molecular complexity index is 610. The average molecular weight is 350 g/mol. The van der Waals surface area contributed by atoms with Crippen molar-refractivity contribution in [1.82, 2.24) is 14.8 Å². The normalized spacial score (nSPS) is 19.8. The molecule has 1 amide bonds. The van der Waals surface area contributed by atoms with Gasteiger partial charge in [-0.15, -0.1) is 11.3 Å². The molecule has 0 bridgehead atoms. The van der Waals surface area contributed by atoms with Crippen LogP contribution in [-0.4, -0.2) is 53.5 Å². The molecule has 1 aromatic rings. The van der Waals surface area contributed by atoms with E-state index in [1.807, 2.05) is 4.90 Å². The van der Waals surface area contributed by atoms with E-state index in [1.54, 1.807) is 17.6 Å². The number of hydrogen-bond donors (Lipinski definition) is 0. The number of amides is 1. The Labute approximate surface area is 148 Å². The molecule has 0 N–H and O–H groups in total. The van der Waals surface area contributed by atoms with E-state index in [2.05, 4.69) is 31.1 Å². The lowest BCUT2D eigenvalue weighted by Crippen LogP contribution is -2.48. The van der Waals surface area contributed by atoms with Crippen molar-refractivity contribution in [2.75, 3.05) is 32.8 Å². The zero-order valence-corrected chi connectivity index (χ0v) is 15.7. The van der Waals surface area contributed by atoms with Crippen LogP contribution in [0.2, 0.25) is 0 Å². The summed E-state index contributed by atoms with van der Waals surface area (Å²) in [5.41, 5.74) is 2.08. The molecule has 2 aliphatic heterocycles. The molecule has 0 saturated carbocycles. The van der Waals surface area contributed by atoms with Gasteiger partial charge < -0.3 is 9.64 Å². The Balaban J connectivity index is 1.51. The smallest absolute Gasteiger partial charge is 0.252 e. The van der Waals surface area contributed by atoms with E-state index < -0.39 is 0 Å². The minimum Gasteiger partial charge on any atom is -0.501 e. The highest BCUT2D eigenvalue weighted by molar-refractivity contribution is 7.09. The molecule has 0 aromatic carbocycles. The van der Waals surface area contributed by atoms with Gasteiger partial charge in [0.15, 0.2) is 0 Å². The molecule has 1 aromatic heterocycles. The van der Waals surface area contributed by atoms with Gasteiger partial charge in [0, 0.05) is 43.5 Å². The van der Waals surface area contributed by atoms with Gasteiger partial charge in [-0.1, -0.05) is 20.8 Å². The van der Waals surface area contributed by atoms with Crippen LogP contribution in [0.3, 0.4) is 0 Å². The second-order valence-corrected chi connectivity index (χ2v) is 8.44. The predicted molar refractivity (Wildman–Crippen MR) is 95.9 cm³/mol. The summed E-state index contributed by atoms with van der Waals surface area (Å²) in [4.78, 5) is 21.6. The van der Waals surface area contributed by atoms with Gasteiger partial charge in [-0.25, -0.2) is 4.98 Å². The van der Waals surface area contributed by atoms with Crippen molar-refractivity contribution in [3.8, 4) is 0 Å². The molecular formula is C18H27N3O2S. The molecule has 6 heteroatoms. The molecule has 1 fully saturated rings. The van der Waals surface area contributed by atoms with E-state index >= 15 is 0 Å². The molecule has 3 heterocycles. The van der Waals surface area contributed by atoms with Crippen molar-refractivity contribution in [2.45, 2.75) is 45.6 Å². The summed E-state index contributed by atoms with van der Waals surface area (Å²) in [7, 11) is 0. The van der Waals surface area contributed by atoms with Crippen molar-refractivity contribution in [2.24, 2.45) is 0 Å². The Hall–Kier alpha value is -1.40. The van der Waals surface area contributed by atoms with Crippen molar-refractivity contribution in [1.29, 1.82) is 0 Å². The Morgan fingerprint density at radius 1 is 1.29 bits per heavy atom. The van der Waals surface area contributed by atoms with Crippen molar-refractivity contribution in [3.05, 3.63) is 27.9 Å². The molecule has 0 unspecified atom stereocenters. The topological polar surface area (TPSA) is 45.7 Å². The van der Waals surface area contributed by atoms with E-state index in [0.29, 0.717) is 0 Å². The fraction of sp³-hybridized carbons (Fsp3) is 0.667. The molecule has 132 valence electrons. The van der Waals surface area contributed by atoms with Gasteiger partial charge in [0.2, 0.25) is 0 Å². The number of ether oxygens (including phenoxy) is 1. The summed E-state index contributed by atoms with van der Waals surface area (Å²) in [6, 6.07) is 0. The molecule has 1 saturated heterocycles. The molecule has 2 aliphatic rings. The van der Waals surface area contributed by atoms with E-state index in [9.17, 15) is 4.79 Å². The Morgan fingerprint density at radius 2 is 2.04 bits per heavy atom. The average Bonchev–Trinajstić information content (AvgIpc) is 3.05. The van der Waals surface area contributed by atoms with E-state index in [4.69, 9.17) is 9.72 Å². The zero-order chi connectivity index (χ0) is 17.2. The third-order valence-electron chi connectivity index (χ3n) is 4.45. The first-order chi connectivity index (χ1) is 11.4. The fourth-order valence-corrected chi connectivity index (χ4v) is 3.89. The minimum atomic E-state index is 0.115. The van der Waals surface area contributed by atoms with Crippen LogP contribution in [0.5, 0.6) is 0 Å². The molecule has 24 heavy (non-hydrogen) atoms. The number of carbonyl (C=O) groups excluding carboxylic acids is 1. The molecular weight excluding hydrogens is 322 g/mol. The first kappa shape index (κ1) is 17.4. The maximum absolute atomic E-state index is 12.5. The number of nitrogens with zero attached hydrogens (tertiary/aromatic N) is 3. The van der Waals surface area contributed by atoms with Gasteiger partial charge in [-0.2, -0.15) is 0 Å². The highest BCUT2D eigenvalue weighted by Crippen LogP contribution is 2.26. The lowest BCUT2D eigenvalue weighted by Gasteiger charge is -2.35. The third-order valence-corrected chi connectivity index (χ3v) is 5.76. The van der Waals surface area contributed by atoms with Crippen LogP contribution in [0.25, 0.3) is 0 Å². The van der Waals surface area contributed by atoms with Crippen LogP contribution in [-0.2, 0) is 21.5 Å². The molecule has 0 atom stereocenters. The quantitative estimate of drug-likeness (QED) is 0.842. The monoisotopic (exact) mass is 349 g/mol. The van der Waals surface area contributed by atoms with Gasteiger partial charge in [0.1, 0.15) is 0 Å². The maximum atomic E-state index is 12.5. The summed E-state index contributed by atoms with van der Waals surface area (Å²) in [6.45, 7) is 11.6. The van der Waals surface area contributed by atoms with Gasteiger partial charge >= 0.3 is 0 Å². The Morgan fingerprint density at radius 3 is 2.62 bits per heavy atom. The number of carbonyl (C=O) groups is 1. The highest BCUT2D eigenvalue weighted by Gasteiger charge is 2.25. The van der Waals surface area contributed by atoms with Crippen molar-refractivity contribution in [3.63, 3.8) is 0 Å². The van der Waals surface area contributed by atoms with Crippen molar-refractivity contribution < 1.29 is 9.53 Å². The van der Waals surface area contributed by atoms with Gasteiger partial charge in [-0.3, -0.25) is 9.69 Å². The molecule has 0 radical (unpaired) electrons. The van der Waals surface area contributed by atoms with E-state index in [-0.39, 0.29) is 11.3 Å². The number of piperazine rings is 1. The van der Waals surface area contributed by atoms with Crippen LogP contribution in [0.4, 0.5) is 0 Å². The zero-order valence-electron chi connectivity index (χ0n) is 14.9. The number of rotatable bonds is 3. The van der Waals surface area contributed by atoms with Crippen LogP contribution >= 0.6 is 11.3 Å².